The van der Waals surface area contributed by atoms with Crippen LogP contribution in [-0.4, -0.2) is 53.8 Å². The maximum absolute atomic E-state index is 12.8. The summed E-state index contributed by atoms with van der Waals surface area (Å²) in [6.45, 7) is 5.56. The Morgan fingerprint density at radius 3 is 2.32 bits per heavy atom. The Hall–Kier alpha value is -1.88. The molecular weight excluding hydrogens is 314 g/mol. The fraction of sp³-hybridized carbons (Fsp3) is 0.600. The molecule has 1 N–H and O–H groups in total. The van der Waals surface area contributed by atoms with Gasteiger partial charge in [-0.1, -0.05) is 18.9 Å². The topological polar surface area (TPSA) is 52.7 Å². The number of likely N-dealkylation sites (tertiary alicyclic amines) is 2. The van der Waals surface area contributed by atoms with Crippen molar-refractivity contribution in [2.75, 3.05) is 31.5 Å². The zero-order chi connectivity index (χ0) is 17.6. The second kappa shape index (κ2) is 8.48. The number of hydrogen-bond acceptors (Lipinski definition) is 3. The predicted octanol–water partition coefficient (Wildman–Crippen LogP) is 3.13. The third kappa shape index (κ3) is 4.82. The highest BCUT2D eigenvalue weighted by Gasteiger charge is 2.27. The summed E-state index contributed by atoms with van der Waals surface area (Å²) >= 11 is 0. The second-order valence-electron chi connectivity index (χ2n) is 7.24. The number of piperidine rings is 1. The smallest absolute Gasteiger partial charge is 0.253 e. The van der Waals surface area contributed by atoms with Crippen molar-refractivity contribution < 1.29 is 9.59 Å². The summed E-state index contributed by atoms with van der Waals surface area (Å²) in [5.74, 6) is -0.0515. The molecule has 0 spiro atoms. The minimum Gasteiger partial charge on any atom is -0.339 e. The third-order valence-corrected chi connectivity index (χ3v) is 5.34. The fourth-order valence-electron chi connectivity index (χ4n) is 4.01. The summed E-state index contributed by atoms with van der Waals surface area (Å²) < 4.78 is 0. The van der Waals surface area contributed by atoms with Gasteiger partial charge in [-0.25, -0.2) is 0 Å². The first-order chi connectivity index (χ1) is 12.1. The van der Waals surface area contributed by atoms with Crippen LogP contribution in [0.3, 0.4) is 0 Å². The molecule has 0 radical (unpaired) electrons. The highest BCUT2D eigenvalue weighted by atomic mass is 16.2. The normalized spacial score (nSPS) is 20.1. The molecule has 2 amide bonds. The maximum Gasteiger partial charge on any atom is 0.253 e. The monoisotopic (exact) mass is 343 g/mol. The summed E-state index contributed by atoms with van der Waals surface area (Å²) in [5, 5.41) is 2.74. The molecule has 2 saturated heterocycles. The first kappa shape index (κ1) is 17.9. The fourth-order valence-corrected chi connectivity index (χ4v) is 4.01. The van der Waals surface area contributed by atoms with Crippen LogP contribution < -0.4 is 5.32 Å². The van der Waals surface area contributed by atoms with Crippen molar-refractivity contribution in [2.24, 2.45) is 0 Å². The molecule has 25 heavy (non-hydrogen) atoms. The van der Waals surface area contributed by atoms with Crippen molar-refractivity contribution in [2.45, 2.75) is 51.5 Å². The van der Waals surface area contributed by atoms with Gasteiger partial charge < -0.3 is 15.1 Å². The summed E-state index contributed by atoms with van der Waals surface area (Å²) in [6, 6.07) is 7.86. The van der Waals surface area contributed by atoms with Gasteiger partial charge in [0, 0.05) is 37.3 Å². The van der Waals surface area contributed by atoms with E-state index in [0.29, 0.717) is 17.3 Å². The zero-order valence-corrected chi connectivity index (χ0v) is 15.2. The van der Waals surface area contributed by atoms with E-state index in [0.717, 1.165) is 25.9 Å². The van der Waals surface area contributed by atoms with Crippen LogP contribution in [-0.2, 0) is 4.79 Å². The molecule has 0 bridgehead atoms. The van der Waals surface area contributed by atoms with E-state index in [-0.39, 0.29) is 11.8 Å². The first-order valence-corrected chi connectivity index (χ1v) is 9.54. The van der Waals surface area contributed by atoms with E-state index in [1.165, 1.54) is 45.7 Å². The van der Waals surface area contributed by atoms with Crippen LogP contribution in [0.5, 0.6) is 0 Å². The van der Waals surface area contributed by atoms with Crippen molar-refractivity contribution in [3.63, 3.8) is 0 Å². The van der Waals surface area contributed by atoms with Crippen LogP contribution in [0.2, 0.25) is 0 Å². The molecule has 1 aromatic carbocycles. The van der Waals surface area contributed by atoms with Crippen molar-refractivity contribution in [1.82, 2.24) is 9.80 Å². The SMILES string of the molecule is CC(=O)Nc1cccc(C(=O)N2CCC(N3CCCCCC3)CC2)c1. The van der Waals surface area contributed by atoms with Crippen LogP contribution >= 0.6 is 0 Å². The van der Waals surface area contributed by atoms with Crippen LogP contribution in [0.15, 0.2) is 24.3 Å². The van der Waals surface area contributed by atoms with Crippen molar-refractivity contribution in [3.05, 3.63) is 29.8 Å². The number of benzene rings is 1. The summed E-state index contributed by atoms with van der Waals surface area (Å²) in [6.07, 6.45) is 7.48. The van der Waals surface area contributed by atoms with E-state index >= 15 is 0 Å². The molecule has 0 unspecified atom stereocenters. The van der Waals surface area contributed by atoms with E-state index in [9.17, 15) is 9.59 Å². The number of carbonyl (C=O) groups excluding carboxylic acids is 2. The van der Waals surface area contributed by atoms with Crippen LogP contribution in [0.4, 0.5) is 5.69 Å². The minimum atomic E-state index is -0.122. The van der Waals surface area contributed by atoms with Crippen LogP contribution in [0.25, 0.3) is 0 Å². The Balaban J connectivity index is 1.57. The lowest BCUT2D eigenvalue weighted by atomic mass is 10.0. The largest absolute Gasteiger partial charge is 0.339 e. The van der Waals surface area contributed by atoms with E-state index in [4.69, 9.17) is 0 Å². The van der Waals surface area contributed by atoms with E-state index < -0.39 is 0 Å². The average molecular weight is 343 g/mol. The van der Waals surface area contributed by atoms with Gasteiger partial charge in [0.2, 0.25) is 5.91 Å². The molecule has 2 aliphatic heterocycles. The standard InChI is InChI=1S/C20H29N3O2/c1-16(24)21-18-8-6-7-17(15-18)20(25)23-13-9-19(10-14-23)22-11-4-2-3-5-12-22/h6-8,15,19H,2-5,9-14H2,1H3,(H,21,24). The van der Waals surface area contributed by atoms with Crippen molar-refractivity contribution in [1.29, 1.82) is 0 Å². The second-order valence-corrected chi connectivity index (χ2v) is 7.24. The third-order valence-electron chi connectivity index (χ3n) is 5.34. The Morgan fingerprint density at radius 1 is 1.00 bits per heavy atom. The molecule has 0 aliphatic carbocycles. The number of carbonyl (C=O) groups is 2. The molecule has 2 heterocycles. The lowest BCUT2D eigenvalue weighted by Crippen LogP contribution is -2.47. The number of nitrogens with one attached hydrogen (secondary N) is 1. The quantitative estimate of drug-likeness (QED) is 0.917. The molecule has 2 aliphatic rings. The summed E-state index contributed by atoms with van der Waals surface area (Å²) in [7, 11) is 0. The molecule has 136 valence electrons. The minimum absolute atomic E-state index is 0.0709. The zero-order valence-electron chi connectivity index (χ0n) is 15.2. The summed E-state index contributed by atoms with van der Waals surface area (Å²) in [5.41, 5.74) is 1.33. The van der Waals surface area contributed by atoms with Gasteiger partial charge in [0.1, 0.15) is 0 Å². The molecule has 0 atom stereocenters. The molecule has 3 rings (SSSR count). The van der Waals surface area contributed by atoms with Gasteiger partial charge >= 0.3 is 0 Å². The van der Waals surface area contributed by atoms with Crippen molar-refractivity contribution in [3.8, 4) is 0 Å². The molecule has 5 heteroatoms. The molecular formula is C20H29N3O2. The number of hydrogen-bond donors (Lipinski definition) is 1. The van der Waals surface area contributed by atoms with Gasteiger partial charge in [-0.3, -0.25) is 9.59 Å². The highest BCUT2D eigenvalue weighted by molar-refractivity contribution is 5.96. The number of amides is 2. The van der Waals surface area contributed by atoms with Gasteiger partial charge in [-0.2, -0.15) is 0 Å². The molecule has 1 aromatic rings. The lowest BCUT2D eigenvalue weighted by Gasteiger charge is -2.38. The average Bonchev–Trinajstić information content (AvgIpc) is 2.90. The predicted molar refractivity (Wildman–Crippen MR) is 99.7 cm³/mol. The Bertz CT molecular complexity index is 601. The maximum atomic E-state index is 12.8. The number of anilines is 1. The first-order valence-electron chi connectivity index (χ1n) is 9.54. The Kier molecular flexibility index (Phi) is 6.08. The molecule has 5 nitrogen and oxygen atoms in total. The number of nitrogens with zero attached hydrogens (tertiary/aromatic N) is 2. The molecule has 0 aromatic heterocycles. The van der Waals surface area contributed by atoms with Crippen molar-refractivity contribution >= 4 is 17.5 Å². The van der Waals surface area contributed by atoms with E-state index in [1.54, 1.807) is 6.07 Å². The van der Waals surface area contributed by atoms with Gasteiger partial charge in [0.05, 0.1) is 0 Å². The van der Waals surface area contributed by atoms with E-state index in [2.05, 4.69) is 10.2 Å². The lowest BCUT2D eigenvalue weighted by molar-refractivity contribution is -0.114. The molecule has 2 fully saturated rings. The van der Waals surface area contributed by atoms with Crippen LogP contribution in [0, 0.1) is 0 Å². The van der Waals surface area contributed by atoms with Gasteiger partial charge in [0.15, 0.2) is 0 Å². The van der Waals surface area contributed by atoms with Gasteiger partial charge in [-0.15, -0.1) is 0 Å². The van der Waals surface area contributed by atoms with E-state index in [1.807, 2.05) is 23.1 Å². The Morgan fingerprint density at radius 2 is 1.68 bits per heavy atom. The summed E-state index contributed by atoms with van der Waals surface area (Å²) in [4.78, 5) is 28.6. The Labute approximate surface area is 150 Å². The van der Waals surface area contributed by atoms with Gasteiger partial charge in [-0.05, 0) is 57.0 Å². The highest BCUT2D eigenvalue weighted by Crippen LogP contribution is 2.22. The number of rotatable bonds is 3. The van der Waals surface area contributed by atoms with Gasteiger partial charge in [0.25, 0.3) is 5.91 Å². The van der Waals surface area contributed by atoms with Crippen LogP contribution in [0.1, 0.15) is 55.8 Å². The molecule has 0 saturated carbocycles.